The molecule has 2 rings (SSSR count). The third-order valence-corrected chi connectivity index (χ3v) is 4.08. The number of thiophene rings is 1. The SMILES string of the molecule is Oc1c(CBr)ccc2sc(Br)cc12. The van der Waals surface area contributed by atoms with Crippen LogP contribution in [0.2, 0.25) is 0 Å². The molecule has 0 saturated carbocycles. The van der Waals surface area contributed by atoms with Gasteiger partial charge in [-0.05, 0) is 28.1 Å². The summed E-state index contributed by atoms with van der Waals surface area (Å²) in [6.07, 6.45) is 0. The van der Waals surface area contributed by atoms with Crippen molar-refractivity contribution in [1.29, 1.82) is 0 Å². The number of rotatable bonds is 1. The van der Waals surface area contributed by atoms with Gasteiger partial charge in [0, 0.05) is 21.0 Å². The number of fused-ring (bicyclic) bond motifs is 1. The van der Waals surface area contributed by atoms with Crippen molar-refractivity contribution in [3.63, 3.8) is 0 Å². The predicted molar refractivity (Wildman–Crippen MR) is 63.8 cm³/mol. The summed E-state index contributed by atoms with van der Waals surface area (Å²) >= 11 is 8.36. The highest BCUT2D eigenvalue weighted by atomic mass is 79.9. The molecule has 68 valence electrons. The van der Waals surface area contributed by atoms with Crippen LogP contribution in [0.15, 0.2) is 22.0 Å². The molecule has 1 aromatic heterocycles. The zero-order valence-electron chi connectivity index (χ0n) is 6.55. The van der Waals surface area contributed by atoms with Crippen LogP contribution in [-0.2, 0) is 5.33 Å². The quantitative estimate of drug-likeness (QED) is 0.778. The summed E-state index contributed by atoms with van der Waals surface area (Å²) in [5.41, 5.74) is 0.929. The topological polar surface area (TPSA) is 20.2 Å². The molecular weight excluding hydrogens is 316 g/mol. The molecule has 0 aliphatic rings. The van der Waals surface area contributed by atoms with Crippen LogP contribution in [0.3, 0.4) is 0 Å². The molecule has 2 aromatic rings. The number of hydrogen-bond acceptors (Lipinski definition) is 2. The Hall–Kier alpha value is -0.0600. The third-order valence-electron chi connectivity index (χ3n) is 1.87. The number of aromatic hydroxyl groups is 1. The Kier molecular flexibility index (Phi) is 2.62. The maximum absolute atomic E-state index is 9.82. The number of benzene rings is 1. The minimum atomic E-state index is 0.385. The molecular formula is C9H6Br2OS. The number of halogens is 2. The van der Waals surface area contributed by atoms with Gasteiger partial charge in [-0.25, -0.2) is 0 Å². The fourth-order valence-corrected chi connectivity index (χ4v) is 3.21. The second-order valence-electron chi connectivity index (χ2n) is 2.67. The lowest BCUT2D eigenvalue weighted by Gasteiger charge is -2.00. The molecule has 0 bridgehead atoms. The maximum Gasteiger partial charge on any atom is 0.128 e. The Balaban J connectivity index is 2.78. The molecule has 0 amide bonds. The fourth-order valence-electron chi connectivity index (χ4n) is 1.22. The molecule has 13 heavy (non-hydrogen) atoms. The van der Waals surface area contributed by atoms with E-state index in [-0.39, 0.29) is 0 Å². The monoisotopic (exact) mass is 320 g/mol. The number of phenolic OH excluding ortho intramolecular Hbond substituents is 1. The Labute approximate surface area is 96.6 Å². The van der Waals surface area contributed by atoms with Crippen LogP contribution >= 0.6 is 43.2 Å². The minimum Gasteiger partial charge on any atom is -0.507 e. The lowest BCUT2D eigenvalue weighted by molar-refractivity contribution is 0.477. The van der Waals surface area contributed by atoms with Crippen LogP contribution in [-0.4, -0.2) is 5.11 Å². The van der Waals surface area contributed by atoms with Crippen LogP contribution in [0.25, 0.3) is 10.1 Å². The van der Waals surface area contributed by atoms with E-state index in [2.05, 4.69) is 31.9 Å². The van der Waals surface area contributed by atoms with Crippen LogP contribution in [0, 0.1) is 0 Å². The van der Waals surface area contributed by atoms with E-state index in [4.69, 9.17) is 0 Å². The van der Waals surface area contributed by atoms with E-state index >= 15 is 0 Å². The fraction of sp³-hybridized carbons (Fsp3) is 0.111. The molecule has 1 N–H and O–H groups in total. The van der Waals surface area contributed by atoms with Gasteiger partial charge in [-0.3, -0.25) is 0 Å². The molecule has 0 atom stereocenters. The second-order valence-corrected chi connectivity index (χ2v) is 5.69. The lowest BCUT2D eigenvalue weighted by atomic mass is 10.1. The predicted octanol–water partition coefficient (Wildman–Crippen LogP) is 4.26. The highest BCUT2D eigenvalue weighted by Gasteiger charge is 2.07. The van der Waals surface area contributed by atoms with Crippen LogP contribution in [0.1, 0.15) is 5.56 Å². The average Bonchev–Trinajstić information content (AvgIpc) is 2.47. The molecule has 0 radical (unpaired) electrons. The van der Waals surface area contributed by atoms with Gasteiger partial charge in [0.1, 0.15) is 5.75 Å². The van der Waals surface area contributed by atoms with E-state index < -0.39 is 0 Å². The smallest absolute Gasteiger partial charge is 0.128 e. The summed E-state index contributed by atoms with van der Waals surface area (Å²) in [6, 6.07) is 5.91. The van der Waals surface area contributed by atoms with Gasteiger partial charge in [0.05, 0.1) is 3.79 Å². The van der Waals surface area contributed by atoms with Gasteiger partial charge in [-0.15, -0.1) is 11.3 Å². The molecule has 0 unspecified atom stereocenters. The van der Waals surface area contributed by atoms with Crippen molar-refractivity contribution in [2.75, 3.05) is 0 Å². The summed E-state index contributed by atoms with van der Waals surface area (Å²) in [7, 11) is 0. The van der Waals surface area contributed by atoms with E-state index in [0.29, 0.717) is 11.1 Å². The summed E-state index contributed by atoms with van der Waals surface area (Å²) < 4.78 is 2.15. The van der Waals surface area contributed by atoms with Gasteiger partial charge in [0.25, 0.3) is 0 Å². The molecule has 0 aliphatic heterocycles. The minimum absolute atomic E-state index is 0.385. The van der Waals surface area contributed by atoms with Crippen LogP contribution < -0.4 is 0 Å². The van der Waals surface area contributed by atoms with Crippen molar-refractivity contribution < 1.29 is 5.11 Å². The molecule has 1 nitrogen and oxygen atoms in total. The summed E-state index contributed by atoms with van der Waals surface area (Å²) in [5.74, 6) is 0.385. The first-order chi connectivity index (χ1) is 6.22. The highest BCUT2D eigenvalue weighted by molar-refractivity contribution is 9.11. The van der Waals surface area contributed by atoms with Gasteiger partial charge >= 0.3 is 0 Å². The molecule has 1 heterocycles. The number of alkyl halides is 1. The first-order valence-corrected chi connectivity index (χ1v) is 6.41. The largest absolute Gasteiger partial charge is 0.507 e. The normalized spacial score (nSPS) is 10.9. The van der Waals surface area contributed by atoms with Crippen molar-refractivity contribution in [3.05, 3.63) is 27.5 Å². The molecule has 0 spiro atoms. The van der Waals surface area contributed by atoms with E-state index in [1.807, 2.05) is 18.2 Å². The van der Waals surface area contributed by atoms with Crippen LogP contribution in [0.4, 0.5) is 0 Å². The van der Waals surface area contributed by atoms with Gasteiger partial charge in [-0.1, -0.05) is 22.0 Å². The van der Waals surface area contributed by atoms with Gasteiger partial charge in [0.15, 0.2) is 0 Å². The molecule has 4 heteroatoms. The van der Waals surface area contributed by atoms with Gasteiger partial charge in [-0.2, -0.15) is 0 Å². The Morgan fingerprint density at radius 1 is 1.38 bits per heavy atom. The molecule has 0 aliphatic carbocycles. The maximum atomic E-state index is 9.82. The summed E-state index contributed by atoms with van der Waals surface area (Å²) in [6.45, 7) is 0. The zero-order valence-corrected chi connectivity index (χ0v) is 10.5. The Morgan fingerprint density at radius 3 is 2.85 bits per heavy atom. The van der Waals surface area contributed by atoms with Crippen molar-refractivity contribution in [2.24, 2.45) is 0 Å². The molecule has 0 fully saturated rings. The number of hydrogen-bond donors (Lipinski definition) is 1. The molecule has 1 aromatic carbocycles. The van der Waals surface area contributed by atoms with E-state index in [9.17, 15) is 5.11 Å². The first kappa shape index (κ1) is 9.49. The Morgan fingerprint density at radius 2 is 2.15 bits per heavy atom. The zero-order chi connectivity index (χ0) is 9.42. The third kappa shape index (κ3) is 1.63. The average molecular weight is 322 g/mol. The second kappa shape index (κ2) is 3.59. The summed E-state index contributed by atoms with van der Waals surface area (Å²) in [4.78, 5) is 0. The van der Waals surface area contributed by atoms with Gasteiger partial charge < -0.3 is 5.11 Å². The van der Waals surface area contributed by atoms with Gasteiger partial charge in [0.2, 0.25) is 0 Å². The standard InChI is InChI=1S/C9H6Br2OS/c10-4-5-1-2-7-6(9(5)12)3-8(11)13-7/h1-3,12H,4H2. The lowest BCUT2D eigenvalue weighted by Crippen LogP contribution is -1.77. The van der Waals surface area contributed by atoms with Crippen molar-refractivity contribution in [3.8, 4) is 5.75 Å². The number of phenols is 1. The van der Waals surface area contributed by atoms with Crippen LogP contribution in [0.5, 0.6) is 5.75 Å². The summed E-state index contributed by atoms with van der Waals surface area (Å²) in [5, 5.41) is 11.4. The van der Waals surface area contributed by atoms with E-state index in [0.717, 1.165) is 19.4 Å². The molecule has 0 saturated heterocycles. The van der Waals surface area contributed by atoms with E-state index in [1.165, 1.54) is 0 Å². The van der Waals surface area contributed by atoms with Crippen molar-refractivity contribution in [1.82, 2.24) is 0 Å². The highest BCUT2D eigenvalue weighted by Crippen LogP contribution is 2.37. The Bertz CT molecular complexity index is 450. The van der Waals surface area contributed by atoms with Crippen molar-refractivity contribution in [2.45, 2.75) is 5.33 Å². The van der Waals surface area contributed by atoms with Crippen molar-refractivity contribution >= 4 is 53.3 Å². The van der Waals surface area contributed by atoms with E-state index in [1.54, 1.807) is 11.3 Å². The first-order valence-electron chi connectivity index (χ1n) is 3.68.